The highest BCUT2D eigenvalue weighted by atomic mass is 16.6. The van der Waals surface area contributed by atoms with Gasteiger partial charge in [0, 0.05) is 6.42 Å². The second-order valence-corrected chi connectivity index (χ2v) is 4.17. The predicted molar refractivity (Wildman–Crippen MR) is 40.3 cm³/mol. The van der Waals surface area contributed by atoms with E-state index in [1.165, 1.54) is 19.3 Å². The summed E-state index contributed by atoms with van der Waals surface area (Å²) in [5.74, 6) is 0.814. The van der Waals surface area contributed by atoms with Crippen molar-refractivity contribution >= 4 is 0 Å². The van der Waals surface area contributed by atoms with Gasteiger partial charge in [0.05, 0.1) is 24.4 Å². The lowest BCUT2D eigenvalue weighted by molar-refractivity contribution is 0.0310. The summed E-state index contributed by atoms with van der Waals surface area (Å²) in [5, 5.41) is 0. The average Bonchev–Trinajstić information content (AvgIpc) is 2.57. The molecule has 3 rings (SSSR count). The van der Waals surface area contributed by atoms with Gasteiger partial charge in [0.15, 0.2) is 0 Å². The molecule has 0 spiro atoms. The molecule has 5 unspecified atom stereocenters. The van der Waals surface area contributed by atoms with Crippen LogP contribution in [-0.4, -0.2) is 24.4 Å². The molecule has 0 bridgehead atoms. The zero-order chi connectivity index (χ0) is 7.42. The van der Waals surface area contributed by atoms with Crippen molar-refractivity contribution in [3.8, 4) is 0 Å². The molecule has 2 nitrogen and oxygen atoms in total. The summed E-state index contributed by atoms with van der Waals surface area (Å²) in [4.78, 5) is 0. The van der Waals surface area contributed by atoms with Gasteiger partial charge in [-0.25, -0.2) is 0 Å². The number of hydrogen-bond acceptors (Lipinski definition) is 2. The van der Waals surface area contributed by atoms with Gasteiger partial charge in [-0.3, -0.25) is 0 Å². The Morgan fingerprint density at radius 3 is 2.64 bits per heavy atom. The molecule has 0 N–H and O–H groups in total. The van der Waals surface area contributed by atoms with Crippen molar-refractivity contribution in [2.24, 2.45) is 5.92 Å². The molecule has 2 heterocycles. The molecule has 0 radical (unpaired) electrons. The van der Waals surface area contributed by atoms with E-state index < -0.39 is 0 Å². The van der Waals surface area contributed by atoms with Gasteiger partial charge >= 0.3 is 0 Å². The maximum Gasteiger partial charge on any atom is 0.0866 e. The van der Waals surface area contributed by atoms with E-state index in [2.05, 4.69) is 6.92 Å². The summed E-state index contributed by atoms with van der Waals surface area (Å²) in [6, 6.07) is 0. The molecule has 0 aromatic carbocycles. The monoisotopic (exact) mass is 154 g/mol. The molecule has 3 aliphatic rings. The Bertz CT molecular complexity index is 162. The third-order valence-corrected chi connectivity index (χ3v) is 3.25. The molecule has 62 valence electrons. The van der Waals surface area contributed by atoms with Gasteiger partial charge in [0.1, 0.15) is 0 Å². The molecular weight excluding hydrogens is 140 g/mol. The lowest BCUT2D eigenvalue weighted by atomic mass is 9.86. The van der Waals surface area contributed by atoms with E-state index in [1.54, 1.807) is 0 Å². The SMILES string of the molecule is CC1CC2CC3OC3CC2O1. The molecule has 5 atom stereocenters. The van der Waals surface area contributed by atoms with Crippen LogP contribution in [0.3, 0.4) is 0 Å². The number of hydrogen-bond donors (Lipinski definition) is 0. The van der Waals surface area contributed by atoms with Crippen LogP contribution in [0, 0.1) is 5.92 Å². The third kappa shape index (κ3) is 0.926. The highest BCUT2D eigenvalue weighted by Gasteiger charge is 2.51. The zero-order valence-corrected chi connectivity index (χ0v) is 6.82. The average molecular weight is 154 g/mol. The van der Waals surface area contributed by atoms with Crippen molar-refractivity contribution in [1.82, 2.24) is 0 Å². The second kappa shape index (κ2) is 1.99. The largest absolute Gasteiger partial charge is 0.375 e. The Balaban J connectivity index is 1.75. The van der Waals surface area contributed by atoms with Crippen LogP contribution < -0.4 is 0 Å². The molecule has 1 aliphatic carbocycles. The Kier molecular flexibility index (Phi) is 1.16. The van der Waals surface area contributed by atoms with Crippen LogP contribution in [0.15, 0.2) is 0 Å². The van der Waals surface area contributed by atoms with Crippen molar-refractivity contribution in [3.05, 3.63) is 0 Å². The van der Waals surface area contributed by atoms with Crippen LogP contribution in [0.4, 0.5) is 0 Å². The van der Waals surface area contributed by atoms with Gasteiger partial charge in [-0.1, -0.05) is 0 Å². The Labute approximate surface area is 66.9 Å². The summed E-state index contributed by atoms with van der Waals surface area (Å²) in [7, 11) is 0. The van der Waals surface area contributed by atoms with Crippen molar-refractivity contribution in [2.45, 2.75) is 50.6 Å². The Morgan fingerprint density at radius 2 is 1.73 bits per heavy atom. The number of fused-ring (bicyclic) bond motifs is 2. The maximum atomic E-state index is 5.78. The van der Waals surface area contributed by atoms with Crippen LogP contribution in [0.1, 0.15) is 26.2 Å². The van der Waals surface area contributed by atoms with Gasteiger partial charge < -0.3 is 9.47 Å². The van der Waals surface area contributed by atoms with E-state index in [0.29, 0.717) is 24.4 Å². The summed E-state index contributed by atoms with van der Waals surface area (Å²) >= 11 is 0. The maximum absolute atomic E-state index is 5.78. The van der Waals surface area contributed by atoms with Crippen molar-refractivity contribution < 1.29 is 9.47 Å². The smallest absolute Gasteiger partial charge is 0.0866 e. The molecule has 0 aromatic heterocycles. The topological polar surface area (TPSA) is 21.8 Å². The lowest BCUT2D eigenvalue weighted by Gasteiger charge is -2.19. The van der Waals surface area contributed by atoms with Crippen LogP contribution in [-0.2, 0) is 9.47 Å². The first-order valence-electron chi connectivity index (χ1n) is 4.64. The molecule has 3 fully saturated rings. The standard InChI is InChI=1S/C9H14O2/c1-5-2-6-3-8-9(11-8)4-7(6)10-5/h5-9H,2-4H2,1H3. The van der Waals surface area contributed by atoms with E-state index >= 15 is 0 Å². The first-order chi connectivity index (χ1) is 5.33. The summed E-state index contributed by atoms with van der Waals surface area (Å²) in [6.45, 7) is 2.19. The number of epoxide rings is 1. The van der Waals surface area contributed by atoms with E-state index in [1.807, 2.05) is 0 Å². The first-order valence-corrected chi connectivity index (χ1v) is 4.64. The normalized spacial score (nSPS) is 60.3. The molecule has 2 aliphatic heterocycles. The second-order valence-electron chi connectivity index (χ2n) is 4.17. The first kappa shape index (κ1) is 6.44. The minimum Gasteiger partial charge on any atom is -0.375 e. The minimum absolute atomic E-state index is 0.502. The third-order valence-electron chi connectivity index (χ3n) is 3.25. The quantitative estimate of drug-likeness (QED) is 0.491. The molecule has 1 saturated carbocycles. The lowest BCUT2D eigenvalue weighted by Crippen LogP contribution is -2.25. The van der Waals surface area contributed by atoms with Crippen LogP contribution in [0.25, 0.3) is 0 Å². The van der Waals surface area contributed by atoms with E-state index in [-0.39, 0.29) is 0 Å². The fourth-order valence-electron chi connectivity index (χ4n) is 2.66. The van der Waals surface area contributed by atoms with E-state index in [0.717, 1.165) is 5.92 Å². The van der Waals surface area contributed by atoms with Gasteiger partial charge in [0.25, 0.3) is 0 Å². The fourth-order valence-corrected chi connectivity index (χ4v) is 2.66. The van der Waals surface area contributed by atoms with Crippen molar-refractivity contribution in [2.75, 3.05) is 0 Å². The Morgan fingerprint density at radius 1 is 0.909 bits per heavy atom. The van der Waals surface area contributed by atoms with Gasteiger partial charge in [0.2, 0.25) is 0 Å². The summed E-state index contributed by atoms with van der Waals surface area (Å²) in [6.07, 6.45) is 5.92. The minimum atomic E-state index is 0.502. The van der Waals surface area contributed by atoms with Crippen LogP contribution in [0.5, 0.6) is 0 Å². The molecule has 2 heteroatoms. The predicted octanol–water partition coefficient (Wildman–Crippen LogP) is 1.34. The van der Waals surface area contributed by atoms with Crippen LogP contribution >= 0.6 is 0 Å². The molecule has 0 amide bonds. The van der Waals surface area contributed by atoms with Crippen LogP contribution in [0.2, 0.25) is 0 Å². The highest BCUT2D eigenvalue weighted by Crippen LogP contribution is 2.45. The summed E-state index contributed by atoms with van der Waals surface area (Å²) in [5.41, 5.74) is 0. The highest BCUT2D eigenvalue weighted by molar-refractivity contribution is 4.99. The molecule has 2 saturated heterocycles. The van der Waals surface area contributed by atoms with Crippen molar-refractivity contribution in [1.29, 1.82) is 0 Å². The van der Waals surface area contributed by atoms with Gasteiger partial charge in [-0.15, -0.1) is 0 Å². The number of ether oxygens (including phenoxy) is 2. The van der Waals surface area contributed by atoms with E-state index in [4.69, 9.17) is 9.47 Å². The fraction of sp³-hybridized carbons (Fsp3) is 1.00. The Hall–Kier alpha value is -0.0800. The van der Waals surface area contributed by atoms with Crippen molar-refractivity contribution in [3.63, 3.8) is 0 Å². The van der Waals surface area contributed by atoms with E-state index in [9.17, 15) is 0 Å². The molecule has 0 aromatic rings. The zero-order valence-electron chi connectivity index (χ0n) is 6.82. The summed E-state index contributed by atoms with van der Waals surface area (Å²) < 4.78 is 11.3. The molecule has 11 heavy (non-hydrogen) atoms. The van der Waals surface area contributed by atoms with Gasteiger partial charge in [-0.2, -0.15) is 0 Å². The molecular formula is C9H14O2. The van der Waals surface area contributed by atoms with Gasteiger partial charge in [-0.05, 0) is 25.7 Å². The number of rotatable bonds is 0.